The Morgan fingerprint density at radius 1 is 0.854 bits per heavy atom. The summed E-state index contributed by atoms with van der Waals surface area (Å²) in [4.78, 5) is 25.7. The van der Waals surface area contributed by atoms with Crippen LogP contribution in [0.1, 0.15) is 35.4 Å². The summed E-state index contributed by atoms with van der Waals surface area (Å²) in [6.07, 6.45) is 0.802. The van der Waals surface area contributed by atoms with E-state index in [1.807, 2.05) is 54.6 Å². The van der Waals surface area contributed by atoms with Gasteiger partial charge in [-0.25, -0.2) is 4.79 Å². The molecule has 1 amide bonds. The third kappa shape index (κ3) is 5.72. The van der Waals surface area contributed by atoms with Crippen LogP contribution in [0.5, 0.6) is 11.5 Å². The highest BCUT2D eigenvalue weighted by Gasteiger charge is 2.31. The Labute approximate surface area is 238 Å². The molecule has 1 aliphatic heterocycles. The smallest absolute Gasteiger partial charge is 0.409 e. The Bertz CT molecular complexity index is 1500. The minimum atomic E-state index is -0.461. The summed E-state index contributed by atoms with van der Waals surface area (Å²) in [6.45, 7) is 1.51. The predicted molar refractivity (Wildman–Crippen MR) is 154 cm³/mol. The molecule has 1 heterocycles. The van der Waals surface area contributed by atoms with Crippen molar-refractivity contribution in [2.45, 2.75) is 31.5 Å². The van der Waals surface area contributed by atoms with Gasteiger partial charge in [0.05, 0.1) is 4.92 Å². The summed E-state index contributed by atoms with van der Waals surface area (Å²) in [7, 11) is 0. The van der Waals surface area contributed by atoms with Gasteiger partial charge in [-0.1, -0.05) is 78.9 Å². The van der Waals surface area contributed by atoms with Crippen molar-refractivity contribution in [3.63, 3.8) is 0 Å². The lowest BCUT2D eigenvalue weighted by atomic mass is 9.98. The summed E-state index contributed by atoms with van der Waals surface area (Å²) in [5.74, 6) is 0.679. The first kappa shape index (κ1) is 26.4. The van der Waals surface area contributed by atoms with Crippen LogP contribution < -0.4 is 9.47 Å². The van der Waals surface area contributed by atoms with Crippen LogP contribution in [0.25, 0.3) is 11.1 Å². The standard InChI is InChI=1S/C33H30N2O6/c36-33(40-22-30-28-12-6-4-10-26(28)27-11-5-7-13-29(27)30)34-18-16-24(17-19-34)41-25-14-15-31(35(37)38)32(20-25)39-21-23-8-2-1-3-9-23/h1-15,20,24,30H,16-19,21-22H2. The molecule has 0 saturated carbocycles. The van der Waals surface area contributed by atoms with Crippen molar-refractivity contribution in [3.05, 3.63) is 124 Å². The van der Waals surface area contributed by atoms with E-state index in [0.717, 1.165) is 5.56 Å². The van der Waals surface area contributed by atoms with E-state index in [-0.39, 0.29) is 42.8 Å². The van der Waals surface area contributed by atoms with Crippen molar-refractivity contribution in [1.82, 2.24) is 4.90 Å². The van der Waals surface area contributed by atoms with Crippen molar-refractivity contribution in [2.75, 3.05) is 19.7 Å². The third-order valence-electron chi connectivity index (χ3n) is 7.70. The van der Waals surface area contributed by atoms with Crippen molar-refractivity contribution in [3.8, 4) is 22.6 Å². The summed E-state index contributed by atoms with van der Waals surface area (Å²) >= 11 is 0. The fourth-order valence-corrected chi connectivity index (χ4v) is 5.60. The van der Waals surface area contributed by atoms with E-state index in [1.165, 1.54) is 28.3 Å². The quantitative estimate of drug-likeness (QED) is 0.174. The highest BCUT2D eigenvalue weighted by atomic mass is 16.6. The molecule has 1 fully saturated rings. The number of ether oxygens (including phenoxy) is 3. The number of nitro benzene ring substituents is 1. The lowest BCUT2D eigenvalue weighted by Gasteiger charge is -2.32. The minimum absolute atomic E-state index is 0.0210. The van der Waals surface area contributed by atoms with Crippen LogP contribution in [-0.2, 0) is 11.3 Å². The molecule has 0 spiro atoms. The second-order valence-electron chi connectivity index (χ2n) is 10.3. The number of nitro groups is 1. The monoisotopic (exact) mass is 550 g/mol. The molecule has 0 radical (unpaired) electrons. The molecule has 8 heteroatoms. The molecule has 208 valence electrons. The van der Waals surface area contributed by atoms with Crippen LogP contribution in [0.4, 0.5) is 10.5 Å². The van der Waals surface area contributed by atoms with E-state index in [4.69, 9.17) is 14.2 Å². The van der Waals surface area contributed by atoms with Gasteiger partial charge in [-0.15, -0.1) is 0 Å². The number of amides is 1. The van der Waals surface area contributed by atoms with Gasteiger partial charge in [0.25, 0.3) is 0 Å². The SMILES string of the molecule is O=C(OCC1c2ccccc2-c2ccccc21)N1CCC(Oc2ccc([N+](=O)[O-])c(OCc3ccccc3)c2)CC1. The molecule has 1 aliphatic carbocycles. The zero-order valence-electron chi connectivity index (χ0n) is 22.5. The van der Waals surface area contributed by atoms with Crippen LogP contribution >= 0.6 is 0 Å². The van der Waals surface area contributed by atoms with Gasteiger partial charge in [0.15, 0.2) is 0 Å². The number of nitrogens with zero attached hydrogens (tertiary/aromatic N) is 2. The first-order valence-electron chi connectivity index (χ1n) is 13.8. The van der Waals surface area contributed by atoms with Crippen LogP contribution in [0.3, 0.4) is 0 Å². The lowest BCUT2D eigenvalue weighted by molar-refractivity contribution is -0.386. The van der Waals surface area contributed by atoms with Gasteiger partial charge in [-0.3, -0.25) is 10.1 Å². The first-order valence-corrected chi connectivity index (χ1v) is 13.8. The van der Waals surface area contributed by atoms with E-state index in [0.29, 0.717) is 31.7 Å². The molecule has 2 aliphatic rings. The average Bonchev–Trinajstić information content (AvgIpc) is 3.33. The number of benzene rings is 4. The zero-order chi connectivity index (χ0) is 28.2. The maximum atomic E-state index is 13.0. The van der Waals surface area contributed by atoms with Crippen LogP contribution in [-0.4, -0.2) is 41.7 Å². The van der Waals surface area contributed by atoms with Gasteiger partial charge in [-0.2, -0.15) is 0 Å². The average molecular weight is 551 g/mol. The van der Waals surface area contributed by atoms with Crippen molar-refractivity contribution >= 4 is 11.8 Å². The summed E-state index contributed by atoms with van der Waals surface area (Å²) in [5.41, 5.74) is 5.56. The second kappa shape index (κ2) is 11.7. The maximum absolute atomic E-state index is 13.0. The Kier molecular flexibility index (Phi) is 7.54. The molecule has 41 heavy (non-hydrogen) atoms. The Balaban J connectivity index is 1.03. The van der Waals surface area contributed by atoms with Gasteiger partial charge >= 0.3 is 11.8 Å². The first-order chi connectivity index (χ1) is 20.1. The molecule has 6 rings (SSSR count). The Hall–Kier alpha value is -4.85. The largest absolute Gasteiger partial charge is 0.490 e. The van der Waals surface area contributed by atoms with Crippen molar-refractivity contribution in [1.29, 1.82) is 0 Å². The van der Waals surface area contributed by atoms with Crippen LogP contribution in [0.15, 0.2) is 97.1 Å². The van der Waals surface area contributed by atoms with E-state index in [1.54, 1.807) is 17.0 Å². The molecule has 8 nitrogen and oxygen atoms in total. The Morgan fingerprint density at radius 2 is 1.49 bits per heavy atom. The van der Waals surface area contributed by atoms with Gasteiger partial charge in [-0.05, 0) is 33.9 Å². The molecule has 0 bridgehead atoms. The second-order valence-corrected chi connectivity index (χ2v) is 10.3. The molecule has 4 aromatic carbocycles. The molecule has 0 N–H and O–H groups in total. The topological polar surface area (TPSA) is 91.1 Å². The fourth-order valence-electron chi connectivity index (χ4n) is 5.60. The van der Waals surface area contributed by atoms with E-state index >= 15 is 0 Å². The molecule has 0 unspecified atom stereocenters. The lowest BCUT2D eigenvalue weighted by Crippen LogP contribution is -2.42. The van der Waals surface area contributed by atoms with Crippen molar-refractivity contribution < 1.29 is 23.9 Å². The highest BCUT2D eigenvalue weighted by Crippen LogP contribution is 2.44. The number of hydrogen-bond donors (Lipinski definition) is 0. The van der Waals surface area contributed by atoms with Gasteiger partial charge in [0, 0.05) is 44.0 Å². The number of carbonyl (C=O) groups excluding carboxylic acids is 1. The molecule has 1 saturated heterocycles. The third-order valence-corrected chi connectivity index (χ3v) is 7.70. The zero-order valence-corrected chi connectivity index (χ0v) is 22.5. The predicted octanol–water partition coefficient (Wildman–Crippen LogP) is 6.97. The summed E-state index contributed by atoms with van der Waals surface area (Å²) in [5, 5.41) is 11.5. The number of carbonyl (C=O) groups is 1. The number of rotatable bonds is 8. The van der Waals surface area contributed by atoms with E-state index < -0.39 is 4.92 Å². The van der Waals surface area contributed by atoms with Crippen molar-refractivity contribution in [2.24, 2.45) is 0 Å². The van der Waals surface area contributed by atoms with Crippen LogP contribution in [0.2, 0.25) is 0 Å². The van der Waals surface area contributed by atoms with Gasteiger partial charge in [0.1, 0.15) is 25.1 Å². The molecular weight excluding hydrogens is 520 g/mol. The fraction of sp³-hybridized carbons (Fsp3) is 0.242. The normalized spacial score (nSPS) is 14.7. The minimum Gasteiger partial charge on any atom is -0.490 e. The van der Waals surface area contributed by atoms with Gasteiger partial charge in [0.2, 0.25) is 5.75 Å². The molecular formula is C33H30N2O6. The molecule has 0 atom stereocenters. The van der Waals surface area contributed by atoms with Crippen LogP contribution in [0, 0.1) is 10.1 Å². The Morgan fingerprint density at radius 3 is 2.15 bits per heavy atom. The number of piperidine rings is 1. The van der Waals surface area contributed by atoms with E-state index in [9.17, 15) is 14.9 Å². The maximum Gasteiger partial charge on any atom is 0.409 e. The summed E-state index contributed by atoms with van der Waals surface area (Å²) in [6, 6.07) is 30.6. The molecule has 4 aromatic rings. The van der Waals surface area contributed by atoms with E-state index in [2.05, 4.69) is 24.3 Å². The number of hydrogen-bond acceptors (Lipinski definition) is 6. The number of likely N-dealkylation sites (tertiary alicyclic amines) is 1. The molecule has 0 aromatic heterocycles. The van der Waals surface area contributed by atoms with Gasteiger partial charge < -0.3 is 19.1 Å². The highest BCUT2D eigenvalue weighted by molar-refractivity contribution is 5.79. The number of fused-ring (bicyclic) bond motifs is 3. The summed E-state index contributed by atoms with van der Waals surface area (Å²) < 4.78 is 17.7.